The average Bonchev–Trinajstić information content (AvgIpc) is 2.46. The van der Waals surface area contributed by atoms with Crippen molar-refractivity contribution in [1.82, 2.24) is 15.1 Å². The Labute approximate surface area is 101 Å². The molecule has 0 radical (unpaired) electrons. The smallest absolute Gasteiger partial charge is 0.241 e. The molecule has 6 nitrogen and oxygen atoms in total. The zero-order valence-corrected chi connectivity index (χ0v) is 10.5. The topological polar surface area (TPSA) is 93.2 Å². The van der Waals surface area contributed by atoms with E-state index < -0.39 is 6.10 Å². The van der Waals surface area contributed by atoms with E-state index in [0.717, 1.165) is 11.4 Å². The molecule has 1 atom stereocenters. The molecule has 17 heavy (non-hydrogen) atoms. The number of hydrogen-bond donors (Lipinski definition) is 3. The summed E-state index contributed by atoms with van der Waals surface area (Å²) in [4.78, 5) is 11.6. The second-order valence-electron chi connectivity index (χ2n) is 4.23. The highest BCUT2D eigenvalue weighted by atomic mass is 16.3. The van der Waals surface area contributed by atoms with Crippen LogP contribution in [0.3, 0.4) is 0 Å². The van der Waals surface area contributed by atoms with Gasteiger partial charge < -0.3 is 16.2 Å². The zero-order chi connectivity index (χ0) is 13.0. The van der Waals surface area contributed by atoms with E-state index in [1.54, 1.807) is 11.6 Å². The van der Waals surface area contributed by atoms with Gasteiger partial charge in [0.05, 0.1) is 23.2 Å². The van der Waals surface area contributed by atoms with Crippen molar-refractivity contribution in [2.45, 2.75) is 39.8 Å². The highest BCUT2D eigenvalue weighted by molar-refractivity contribution is 5.75. The molecule has 1 heterocycles. The number of nitrogen functional groups attached to an aromatic ring is 1. The van der Waals surface area contributed by atoms with Crippen LogP contribution in [-0.4, -0.2) is 33.4 Å². The summed E-state index contributed by atoms with van der Waals surface area (Å²) in [6.07, 6.45) is 0.144. The summed E-state index contributed by atoms with van der Waals surface area (Å²) in [6, 6.07) is 0. The molecule has 1 unspecified atom stereocenters. The van der Waals surface area contributed by atoms with Crippen LogP contribution in [0.2, 0.25) is 0 Å². The number of carbonyl (C=O) groups is 1. The van der Waals surface area contributed by atoms with Crippen LogP contribution in [0.5, 0.6) is 0 Å². The van der Waals surface area contributed by atoms with E-state index >= 15 is 0 Å². The summed E-state index contributed by atoms with van der Waals surface area (Å²) in [5.74, 6) is -0.128. The van der Waals surface area contributed by atoms with Gasteiger partial charge in [0.15, 0.2) is 0 Å². The molecule has 6 heteroatoms. The molecule has 1 aromatic rings. The first-order valence-electron chi connectivity index (χ1n) is 5.66. The Balaban J connectivity index is 2.48. The molecule has 4 N–H and O–H groups in total. The summed E-state index contributed by atoms with van der Waals surface area (Å²) in [5, 5.41) is 15.9. The second kappa shape index (κ2) is 5.67. The van der Waals surface area contributed by atoms with Crippen LogP contribution in [0.15, 0.2) is 0 Å². The number of aliphatic hydroxyl groups is 1. The third-order valence-electron chi connectivity index (χ3n) is 2.62. The third-order valence-corrected chi connectivity index (χ3v) is 2.62. The summed E-state index contributed by atoms with van der Waals surface area (Å²) in [7, 11) is 0. The molecule has 0 fully saturated rings. The molecule has 1 rings (SSSR count). The maximum absolute atomic E-state index is 11.6. The van der Waals surface area contributed by atoms with Gasteiger partial charge in [0.25, 0.3) is 0 Å². The lowest BCUT2D eigenvalue weighted by Crippen LogP contribution is -2.30. The van der Waals surface area contributed by atoms with E-state index in [9.17, 15) is 4.79 Å². The van der Waals surface area contributed by atoms with Gasteiger partial charge in [0.2, 0.25) is 5.91 Å². The van der Waals surface area contributed by atoms with Crippen LogP contribution in [0.25, 0.3) is 0 Å². The number of nitrogens with zero attached hydrogens (tertiary/aromatic N) is 2. The maximum Gasteiger partial charge on any atom is 0.241 e. The lowest BCUT2D eigenvalue weighted by atomic mass is 10.3. The number of hydrogen-bond acceptors (Lipinski definition) is 4. The molecule has 0 aromatic carbocycles. The lowest BCUT2D eigenvalue weighted by Gasteiger charge is -2.07. The Hall–Kier alpha value is -1.56. The average molecular weight is 240 g/mol. The van der Waals surface area contributed by atoms with E-state index in [2.05, 4.69) is 10.4 Å². The minimum atomic E-state index is -0.403. The number of aryl methyl sites for hydroxylation is 1. The van der Waals surface area contributed by atoms with Crippen molar-refractivity contribution in [1.29, 1.82) is 0 Å². The van der Waals surface area contributed by atoms with E-state index in [1.807, 2.05) is 13.8 Å². The molecule has 0 saturated carbocycles. The SMILES string of the molecule is Cc1nn(CC(=O)NCCC(C)O)c(C)c1N. The van der Waals surface area contributed by atoms with Gasteiger partial charge in [-0.3, -0.25) is 9.48 Å². The van der Waals surface area contributed by atoms with Crippen molar-refractivity contribution in [2.24, 2.45) is 0 Å². The molecule has 0 aliphatic carbocycles. The zero-order valence-electron chi connectivity index (χ0n) is 10.5. The van der Waals surface area contributed by atoms with Crippen molar-refractivity contribution < 1.29 is 9.90 Å². The van der Waals surface area contributed by atoms with Gasteiger partial charge in [-0.15, -0.1) is 0 Å². The Kier molecular flexibility index (Phi) is 4.51. The Bertz CT molecular complexity index is 398. The van der Waals surface area contributed by atoms with Crippen molar-refractivity contribution in [2.75, 3.05) is 12.3 Å². The van der Waals surface area contributed by atoms with Gasteiger partial charge in [0.1, 0.15) is 6.54 Å². The van der Waals surface area contributed by atoms with E-state index in [0.29, 0.717) is 18.7 Å². The molecular formula is C11H20N4O2. The molecule has 0 spiro atoms. The summed E-state index contributed by atoms with van der Waals surface area (Å²) >= 11 is 0. The van der Waals surface area contributed by atoms with Crippen LogP contribution < -0.4 is 11.1 Å². The standard InChI is InChI=1S/C11H20N4O2/c1-7(16)4-5-13-10(17)6-15-9(3)11(12)8(2)14-15/h7,16H,4-6,12H2,1-3H3,(H,13,17). The Morgan fingerprint density at radius 2 is 2.24 bits per heavy atom. The highest BCUT2D eigenvalue weighted by Crippen LogP contribution is 2.14. The fraction of sp³-hybridized carbons (Fsp3) is 0.636. The van der Waals surface area contributed by atoms with Gasteiger partial charge >= 0.3 is 0 Å². The minimum Gasteiger partial charge on any atom is -0.396 e. The largest absolute Gasteiger partial charge is 0.396 e. The molecule has 0 aliphatic heterocycles. The number of anilines is 1. The maximum atomic E-state index is 11.6. The molecular weight excluding hydrogens is 220 g/mol. The van der Waals surface area contributed by atoms with Crippen LogP contribution in [0.4, 0.5) is 5.69 Å². The molecule has 0 aliphatic rings. The quantitative estimate of drug-likeness (QED) is 0.673. The van der Waals surface area contributed by atoms with Gasteiger partial charge in [-0.2, -0.15) is 5.10 Å². The first-order chi connectivity index (χ1) is 7.91. The van der Waals surface area contributed by atoms with Crippen molar-refractivity contribution in [3.05, 3.63) is 11.4 Å². The van der Waals surface area contributed by atoms with Gasteiger partial charge in [-0.05, 0) is 27.2 Å². The molecule has 96 valence electrons. The third kappa shape index (κ3) is 3.74. The normalized spacial score (nSPS) is 12.5. The second-order valence-corrected chi connectivity index (χ2v) is 4.23. The Morgan fingerprint density at radius 3 is 2.71 bits per heavy atom. The first-order valence-corrected chi connectivity index (χ1v) is 5.66. The summed E-state index contributed by atoms with van der Waals surface area (Å²) < 4.78 is 1.59. The van der Waals surface area contributed by atoms with E-state index in [4.69, 9.17) is 10.8 Å². The minimum absolute atomic E-state index is 0.128. The van der Waals surface area contributed by atoms with Crippen LogP contribution in [-0.2, 0) is 11.3 Å². The number of aliphatic hydroxyl groups excluding tert-OH is 1. The van der Waals surface area contributed by atoms with Gasteiger partial charge in [-0.25, -0.2) is 0 Å². The summed E-state index contributed by atoms with van der Waals surface area (Å²) in [5.41, 5.74) is 7.93. The van der Waals surface area contributed by atoms with Crippen molar-refractivity contribution in [3.63, 3.8) is 0 Å². The number of amides is 1. The number of carbonyl (C=O) groups excluding carboxylic acids is 1. The van der Waals surface area contributed by atoms with Crippen molar-refractivity contribution >= 4 is 11.6 Å². The number of nitrogens with one attached hydrogen (secondary N) is 1. The predicted molar refractivity (Wildman–Crippen MR) is 65.4 cm³/mol. The van der Waals surface area contributed by atoms with Crippen LogP contribution in [0, 0.1) is 13.8 Å². The number of nitrogens with two attached hydrogens (primary N) is 1. The fourth-order valence-corrected chi connectivity index (χ4v) is 1.48. The number of aromatic nitrogens is 2. The first kappa shape index (κ1) is 13.5. The molecule has 1 amide bonds. The molecule has 0 bridgehead atoms. The predicted octanol–water partition coefficient (Wildman–Crippen LogP) is -0.0308. The van der Waals surface area contributed by atoms with Crippen LogP contribution in [0.1, 0.15) is 24.7 Å². The van der Waals surface area contributed by atoms with E-state index in [-0.39, 0.29) is 12.5 Å². The fourth-order valence-electron chi connectivity index (χ4n) is 1.48. The molecule has 1 aromatic heterocycles. The van der Waals surface area contributed by atoms with Crippen LogP contribution >= 0.6 is 0 Å². The van der Waals surface area contributed by atoms with E-state index in [1.165, 1.54) is 0 Å². The number of rotatable bonds is 5. The van der Waals surface area contributed by atoms with Gasteiger partial charge in [0, 0.05) is 6.54 Å². The molecule has 0 saturated heterocycles. The van der Waals surface area contributed by atoms with Gasteiger partial charge in [-0.1, -0.05) is 0 Å². The Morgan fingerprint density at radius 1 is 1.59 bits per heavy atom. The lowest BCUT2D eigenvalue weighted by molar-refractivity contribution is -0.121. The van der Waals surface area contributed by atoms with Crippen molar-refractivity contribution in [3.8, 4) is 0 Å². The monoisotopic (exact) mass is 240 g/mol. The summed E-state index contributed by atoms with van der Waals surface area (Å²) in [6.45, 7) is 5.95. The highest BCUT2D eigenvalue weighted by Gasteiger charge is 2.11.